The molecule has 0 saturated heterocycles. The summed E-state index contributed by atoms with van der Waals surface area (Å²) in [5.74, 6) is -0.675. The van der Waals surface area contributed by atoms with Crippen LogP contribution in [-0.2, 0) is 4.79 Å². The summed E-state index contributed by atoms with van der Waals surface area (Å²) in [6.07, 6.45) is 2.71. The van der Waals surface area contributed by atoms with Gasteiger partial charge in [-0.3, -0.25) is 9.59 Å². The third-order valence-corrected chi connectivity index (χ3v) is 2.53. The molecular formula is C14H16O2. The Bertz CT molecular complexity index is 379. The Labute approximate surface area is 96.0 Å². The average molecular weight is 216 g/mol. The van der Waals surface area contributed by atoms with Crippen molar-refractivity contribution in [2.75, 3.05) is 0 Å². The molecule has 2 nitrogen and oxygen atoms in total. The highest BCUT2D eigenvalue weighted by molar-refractivity contribution is 6.10. The van der Waals surface area contributed by atoms with Crippen molar-refractivity contribution in [3.8, 4) is 0 Å². The van der Waals surface area contributed by atoms with Gasteiger partial charge in [0.25, 0.3) is 0 Å². The van der Waals surface area contributed by atoms with Crippen molar-refractivity contribution in [1.29, 1.82) is 0 Å². The Balaban J connectivity index is 2.67. The molecule has 0 bridgehead atoms. The molecule has 0 aliphatic rings. The molecule has 0 radical (unpaired) electrons. The number of hydrogen-bond donors (Lipinski definition) is 0. The van der Waals surface area contributed by atoms with Gasteiger partial charge in [0.05, 0.1) is 5.92 Å². The quantitative estimate of drug-likeness (QED) is 0.416. The predicted octanol–water partition coefficient (Wildman–Crippen LogP) is 3.04. The lowest BCUT2D eigenvalue weighted by Gasteiger charge is -2.08. The highest BCUT2D eigenvalue weighted by atomic mass is 16.1. The second-order valence-corrected chi connectivity index (χ2v) is 3.75. The van der Waals surface area contributed by atoms with Crippen LogP contribution in [0, 0.1) is 5.92 Å². The van der Waals surface area contributed by atoms with Gasteiger partial charge in [-0.05, 0) is 13.3 Å². The van der Waals surface area contributed by atoms with Crippen LogP contribution in [0.2, 0.25) is 0 Å². The summed E-state index contributed by atoms with van der Waals surface area (Å²) in [7, 11) is 0. The van der Waals surface area contributed by atoms with E-state index in [1.54, 1.807) is 37.3 Å². The Kier molecular flexibility index (Phi) is 4.65. The Morgan fingerprint density at radius 2 is 1.94 bits per heavy atom. The number of hydrogen-bond acceptors (Lipinski definition) is 2. The molecule has 1 unspecified atom stereocenters. The van der Waals surface area contributed by atoms with Crippen molar-refractivity contribution in [2.45, 2.75) is 19.8 Å². The van der Waals surface area contributed by atoms with Crippen LogP contribution in [0.5, 0.6) is 0 Å². The Morgan fingerprint density at radius 1 is 1.31 bits per heavy atom. The fraction of sp³-hybridized carbons (Fsp3) is 0.286. The summed E-state index contributed by atoms with van der Waals surface area (Å²) < 4.78 is 0. The van der Waals surface area contributed by atoms with E-state index in [-0.39, 0.29) is 11.6 Å². The molecule has 1 aromatic rings. The van der Waals surface area contributed by atoms with E-state index in [0.717, 1.165) is 0 Å². The highest BCUT2D eigenvalue weighted by Gasteiger charge is 2.21. The number of ketones is 2. The van der Waals surface area contributed by atoms with Crippen molar-refractivity contribution in [3.05, 3.63) is 48.6 Å². The van der Waals surface area contributed by atoms with Crippen LogP contribution in [-0.4, -0.2) is 11.6 Å². The molecule has 0 aliphatic carbocycles. The lowest BCUT2D eigenvalue weighted by molar-refractivity contribution is -0.121. The topological polar surface area (TPSA) is 34.1 Å². The van der Waals surface area contributed by atoms with E-state index < -0.39 is 5.92 Å². The molecule has 1 atom stereocenters. The van der Waals surface area contributed by atoms with Gasteiger partial charge in [0.1, 0.15) is 5.78 Å². The normalized spacial score (nSPS) is 11.8. The molecule has 0 aromatic heterocycles. The van der Waals surface area contributed by atoms with Gasteiger partial charge in [-0.15, -0.1) is 6.58 Å². The van der Waals surface area contributed by atoms with E-state index in [2.05, 4.69) is 6.58 Å². The van der Waals surface area contributed by atoms with Crippen LogP contribution in [0.15, 0.2) is 43.0 Å². The molecule has 0 saturated carbocycles. The second kappa shape index (κ2) is 6.01. The van der Waals surface area contributed by atoms with Gasteiger partial charge in [-0.25, -0.2) is 0 Å². The summed E-state index contributed by atoms with van der Waals surface area (Å²) in [4.78, 5) is 23.6. The molecule has 84 valence electrons. The zero-order valence-electron chi connectivity index (χ0n) is 9.48. The van der Waals surface area contributed by atoms with E-state index in [4.69, 9.17) is 0 Å². The number of rotatable bonds is 6. The lowest BCUT2D eigenvalue weighted by Crippen LogP contribution is -2.20. The van der Waals surface area contributed by atoms with Gasteiger partial charge in [-0.1, -0.05) is 36.4 Å². The third-order valence-electron chi connectivity index (χ3n) is 2.53. The first-order valence-electron chi connectivity index (χ1n) is 5.39. The zero-order chi connectivity index (χ0) is 12.0. The monoisotopic (exact) mass is 216 g/mol. The van der Waals surface area contributed by atoms with Gasteiger partial charge in [-0.2, -0.15) is 0 Å². The van der Waals surface area contributed by atoms with Crippen LogP contribution in [0.4, 0.5) is 0 Å². The smallest absolute Gasteiger partial charge is 0.173 e. The molecular weight excluding hydrogens is 200 g/mol. The summed E-state index contributed by atoms with van der Waals surface area (Å²) >= 11 is 0. The minimum Gasteiger partial charge on any atom is -0.299 e. The largest absolute Gasteiger partial charge is 0.299 e. The van der Waals surface area contributed by atoms with E-state index in [9.17, 15) is 9.59 Å². The summed E-state index contributed by atoms with van der Waals surface area (Å²) in [5.41, 5.74) is 0.599. The summed E-state index contributed by atoms with van der Waals surface area (Å²) in [5, 5.41) is 0. The first-order valence-corrected chi connectivity index (χ1v) is 5.39. The van der Waals surface area contributed by atoms with Crippen molar-refractivity contribution in [2.24, 2.45) is 5.92 Å². The Hall–Kier alpha value is -1.70. The van der Waals surface area contributed by atoms with E-state index in [0.29, 0.717) is 18.4 Å². The van der Waals surface area contributed by atoms with Crippen LogP contribution in [0.25, 0.3) is 0 Å². The number of carbonyl (C=O) groups excluding carboxylic acids is 2. The Morgan fingerprint density at radius 3 is 2.50 bits per heavy atom. The van der Waals surface area contributed by atoms with E-state index in [1.165, 1.54) is 0 Å². The van der Waals surface area contributed by atoms with Crippen molar-refractivity contribution >= 4 is 11.6 Å². The zero-order valence-corrected chi connectivity index (χ0v) is 9.48. The minimum absolute atomic E-state index is 0.0197. The fourth-order valence-corrected chi connectivity index (χ4v) is 1.46. The van der Waals surface area contributed by atoms with Gasteiger partial charge < -0.3 is 0 Å². The molecule has 0 spiro atoms. The molecule has 16 heavy (non-hydrogen) atoms. The van der Waals surface area contributed by atoms with Gasteiger partial charge in [0, 0.05) is 12.0 Å². The third kappa shape index (κ3) is 3.16. The van der Waals surface area contributed by atoms with Gasteiger partial charge >= 0.3 is 0 Å². The SMILES string of the molecule is C=CCCC(=O)C(C)C(=O)c1ccccc1. The summed E-state index contributed by atoms with van der Waals surface area (Å²) in [6.45, 7) is 5.23. The van der Waals surface area contributed by atoms with Gasteiger partial charge in [0.15, 0.2) is 5.78 Å². The molecule has 0 aliphatic heterocycles. The number of allylic oxidation sites excluding steroid dienone is 1. The number of carbonyl (C=O) groups is 2. The maximum atomic E-state index is 11.9. The molecule has 2 heteroatoms. The standard InChI is InChI=1S/C14H16O2/c1-3-4-10-13(15)11(2)14(16)12-8-6-5-7-9-12/h3,5-9,11H,1,4,10H2,2H3. The van der Waals surface area contributed by atoms with Crippen molar-refractivity contribution < 1.29 is 9.59 Å². The molecule has 0 heterocycles. The van der Waals surface area contributed by atoms with E-state index >= 15 is 0 Å². The molecule has 1 rings (SSSR count). The molecule has 1 aromatic carbocycles. The maximum Gasteiger partial charge on any atom is 0.173 e. The van der Waals surface area contributed by atoms with Crippen molar-refractivity contribution in [3.63, 3.8) is 0 Å². The fourth-order valence-electron chi connectivity index (χ4n) is 1.46. The first kappa shape index (κ1) is 12.4. The summed E-state index contributed by atoms with van der Waals surface area (Å²) in [6, 6.07) is 8.92. The molecule has 0 N–H and O–H groups in total. The van der Waals surface area contributed by atoms with Crippen LogP contribution in [0.3, 0.4) is 0 Å². The van der Waals surface area contributed by atoms with Crippen LogP contribution >= 0.6 is 0 Å². The molecule has 0 amide bonds. The lowest BCUT2D eigenvalue weighted by atomic mass is 9.93. The average Bonchev–Trinajstić information content (AvgIpc) is 2.35. The maximum absolute atomic E-state index is 11.9. The first-order chi connectivity index (χ1) is 7.66. The van der Waals surface area contributed by atoms with E-state index in [1.807, 2.05) is 6.07 Å². The predicted molar refractivity (Wildman–Crippen MR) is 64.4 cm³/mol. The van der Waals surface area contributed by atoms with Gasteiger partial charge in [0.2, 0.25) is 0 Å². The molecule has 0 fully saturated rings. The minimum atomic E-state index is -0.553. The van der Waals surface area contributed by atoms with Crippen LogP contribution in [0.1, 0.15) is 30.1 Å². The van der Waals surface area contributed by atoms with Crippen molar-refractivity contribution in [1.82, 2.24) is 0 Å². The highest BCUT2D eigenvalue weighted by Crippen LogP contribution is 2.12. The van der Waals surface area contributed by atoms with Crippen LogP contribution < -0.4 is 0 Å². The number of benzene rings is 1. The second-order valence-electron chi connectivity index (χ2n) is 3.75. The number of Topliss-reactive ketones (excluding diaryl/α,β-unsaturated/α-hetero) is 2.